The third-order valence-corrected chi connectivity index (χ3v) is 6.34. The van der Waals surface area contributed by atoms with E-state index in [0.29, 0.717) is 49.7 Å². The van der Waals surface area contributed by atoms with Crippen LogP contribution < -0.4 is 0 Å². The maximum Gasteiger partial charge on any atom is 0.312 e. The van der Waals surface area contributed by atoms with Gasteiger partial charge in [0.15, 0.2) is 0 Å². The molecule has 0 saturated carbocycles. The third-order valence-electron chi connectivity index (χ3n) is 6.09. The molecular formula is C24H26ClN3O3. The highest BCUT2D eigenvalue weighted by Gasteiger charge is 2.43. The molecule has 0 N–H and O–H groups in total. The summed E-state index contributed by atoms with van der Waals surface area (Å²) in [6.45, 7) is 5.10. The first kappa shape index (κ1) is 21.4. The quantitative estimate of drug-likeness (QED) is 0.555. The number of esters is 1. The second-order valence-corrected chi connectivity index (χ2v) is 8.55. The van der Waals surface area contributed by atoms with Crippen LogP contribution in [-0.4, -0.2) is 45.9 Å². The van der Waals surface area contributed by atoms with Gasteiger partial charge < -0.3 is 14.0 Å². The Morgan fingerprint density at radius 1 is 1.13 bits per heavy atom. The normalized spacial score (nSPS) is 15.8. The summed E-state index contributed by atoms with van der Waals surface area (Å²) in [6, 6.07) is 13.3. The van der Waals surface area contributed by atoms with Crippen molar-refractivity contribution in [3.63, 3.8) is 0 Å². The number of nitrogens with zero attached hydrogens (tertiary/aromatic N) is 3. The van der Waals surface area contributed by atoms with Crippen molar-refractivity contribution in [1.82, 2.24) is 14.3 Å². The molecule has 7 heteroatoms. The number of likely N-dealkylation sites (tertiary alicyclic amines) is 1. The summed E-state index contributed by atoms with van der Waals surface area (Å²) in [4.78, 5) is 32.3. The topological polar surface area (TPSA) is 63.9 Å². The standard InChI is InChI=1S/C24H26ClN3O3/c1-3-31-23(30)24(15-18-7-9-19(25)10-8-18)11-13-27(14-12-24)22(29)20-16-28-17(2)5-4-6-21(28)26-20/h4-10,16H,3,11-15H2,1-2H3. The van der Waals surface area contributed by atoms with Crippen molar-refractivity contribution in [2.24, 2.45) is 5.41 Å². The number of hydrogen-bond donors (Lipinski definition) is 0. The summed E-state index contributed by atoms with van der Waals surface area (Å²) in [5.74, 6) is -0.299. The Morgan fingerprint density at radius 2 is 1.84 bits per heavy atom. The summed E-state index contributed by atoms with van der Waals surface area (Å²) in [5.41, 5.74) is 2.59. The highest BCUT2D eigenvalue weighted by Crippen LogP contribution is 2.37. The summed E-state index contributed by atoms with van der Waals surface area (Å²) in [6.07, 6.45) is 3.45. The Kier molecular flexibility index (Phi) is 6.01. The van der Waals surface area contributed by atoms with Gasteiger partial charge in [0.2, 0.25) is 0 Å². The summed E-state index contributed by atoms with van der Waals surface area (Å²) in [7, 11) is 0. The minimum atomic E-state index is -0.643. The van der Waals surface area contributed by atoms with E-state index in [-0.39, 0.29) is 11.9 Å². The molecule has 1 aliphatic rings. The first-order valence-corrected chi connectivity index (χ1v) is 11.0. The Labute approximate surface area is 186 Å². The average Bonchev–Trinajstić information content (AvgIpc) is 3.21. The first-order valence-electron chi connectivity index (χ1n) is 10.6. The fourth-order valence-corrected chi connectivity index (χ4v) is 4.41. The minimum absolute atomic E-state index is 0.105. The minimum Gasteiger partial charge on any atom is -0.466 e. The molecule has 1 aromatic carbocycles. The van der Waals surface area contributed by atoms with Crippen LogP contribution in [-0.2, 0) is 16.0 Å². The fourth-order valence-electron chi connectivity index (χ4n) is 4.28. The molecule has 1 saturated heterocycles. The Morgan fingerprint density at radius 3 is 2.48 bits per heavy atom. The predicted molar refractivity (Wildman–Crippen MR) is 119 cm³/mol. The number of amides is 1. The molecular weight excluding hydrogens is 414 g/mol. The largest absolute Gasteiger partial charge is 0.466 e. The van der Waals surface area contributed by atoms with Gasteiger partial charge in [0.25, 0.3) is 5.91 Å². The molecule has 1 amide bonds. The van der Waals surface area contributed by atoms with Gasteiger partial charge in [0.05, 0.1) is 12.0 Å². The van der Waals surface area contributed by atoms with E-state index in [0.717, 1.165) is 16.9 Å². The van der Waals surface area contributed by atoms with Crippen LogP contribution >= 0.6 is 11.6 Å². The number of aryl methyl sites for hydroxylation is 1. The molecule has 0 bridgehead atoms. The molecule has 0 aliphatic carbocycles. The number of halogens is 1. The van der Waals surface area contributed by atoms with Crippen LogP contribution in [0.2, 0.25) is 5.02 Å². The second-order valence-electron chi connectivity index (χ2n) is 8.12. The van der Waals surface area contributed by atoms with Crippen molar-refractivity contribution in [1.29, 1.82) is 0 Å². The zero-order valence-electron chi connectivity index (χ0n) is 17.8. The zero-order valence-corrected chi connectivity index (χ0v) is 18.6. The maximum absolute atomic E-state index is 13.1. The summed E-state index contributed by atoms with van der Waals surface area (Å²) < 4.78 is 7.35. The van der Waals surface area contributed by atoms with Crippen LogP contribution in [0.4, 0.5) is 0 Å². The molecule has 4 rings (SSSR count). The molecule has 3 aromatic rings. The number of imidazole rings is 1. The lowest BCUT2D eigenvalue weighted by Gasteiger charge is -2.39. The van der Waals surface area contributed by atoms with E-state index in [4.69, 9.17) is 16.3 Å². The molecule has 0 spiro atoms. The van der Waals surface area contributed by atoms with E-state index in [2.05, 4.69) is 4.98 Å². The highest BCUT2D eigenvalue weighted by atomic mass is 35.5. The number of fused-ring (bicyclic) bond motifs is 1. The van der Waals surface area contributed by atoms with E-state index in [1.165, 1.54) is 0 Å². The smallest absolute Gasteiger partial charge is 0.312 e. The van der Waals surface area contributed by atoms with Crippen LogP contribution in [0.5, 0.6) is 0 Å². The van der Waals surface area contributed by atoms with Gasteiger partial charge in [-0.05, 0) is 62.9 Å². The van der Waals surface area contributed by atoms with Crippen LogP contribution in [0.15, 0.2) is 48.7 Å². The van der Waals surface area contributed by atoms with E-state index in [9.17, 15) is 9.59 Å². The number of pyridine rings is 1. The number of rotatable bonds is 5. The van der Waals surface area contributed by atoms with Crippen molar-refractivity contribution in [2.45, 2.75) is 33.1 Å². The number of piperidine rings is 1. The van der Waals surface area contributed by atoms with Gasteiger partial charge in [-0.1, -0.05) is 29.8 Å². The van der Waals surface area contributed by atoms with Crippen molar-refractivity contribution in [3.8, 4) is 0 Å². The van der Waals surface area contributed by atoms with E-state index in [1.54, 1.807) is 11.1 Å². The monoisotopic (exact) mass is 439 g/mol. The van der Waals surface area contributed by atoms with Crippen molar-refractivity contribution < 1.29 is 14.3 Å². The molecule has 0 unspecified atom stereocenters. The third kappa shape index (κ3) is 4.30. The number of carbonyl (C=O) groups is 2. The number of hydrogen-bond acceptors (Lipinski definition) is 4. The van der Waals surface area contributed by atoms with Crippen LogP contribution in [0.3, 0.4) is 0 Å². The number of aromatic nitrogens is 2. The number of carbonyl (C=O) groups excluding carboxylic acids is 2. The molecule has 1 aliphatic heterocycles. The number of ether oxygens (including phenoxy) is 1. The van der Waals surface area contributed by atoms with Crippen LogP contribution in [0.1, 0.15) is 41.5 Å². The number of benzene rings is 1. The van der Waals surface area contributed by atoms with Crippen molar-refractivity contribution in [2.75, 3.05) is 19.7 Å². The van der Waals surface area contributed by atoms with E-state index >= 15 is 0 Å². The maximum atomic E-state index is 13.1. The van der Waals surface area contributed by atoms with Gasteiger partial charge in [0.1, 0.15) is 11.3 Å². The lowest BCUT2D eigenvalue weighted by Crippen LogP contribution is -2.48. The molecule has 31 heavy (non-hydrogen) atoms. The van der Waals surface area contributed by atoms with Crippen LogP contribution in [0, 0.1) is 12.3 Å². The molecule has 6 nitrogen and oxygen atoms in total. The Hall–Kier alpha value is -2.86. The summed E-state index contributed by atoms with van der Waals surface area (Å²) >= 11 is 6.01. The zero-order chi connectivity index (χ0) is 22.0. The van der Waals surface area contributed by atoms with Gasteiger partial charge in [-0.2, -0.15) is 0 Å². The Balaban J connectivity index is 1.52. The lowest BCUT2D eigenvalue weighted by molar-refractivity contribution is -0.158. The van der Waals surface area contributed by atoms with Gasteiger partial charge in [0, 0.05) is 30.0 Å². The molecule has 3 heterocycles. The predicted octanol–water partition coefficient (Wildman–Crippen LogP) is 4.32. The molecule has 2 aromatic heterocycles. The van der Waals surface area contributed by atoms with Gasteiger partial charge in [-0.15, -0.1) is 0 Å². The van der Waals surface area contributed by atoms with Crippen molar-refractivity contribution >= 4 is 29.1 Å². The van der Waals surface area contributed by atoms with E-state index < -0.39 is 5.41 Å². The lowest BCUT2D eigenvalue weighted by atomic mass is 9.73. The molecule has 162 valence electrons. The first-order chi connectivity index (χ1) is 14.9. The fraction of sp³-hybridized carbons (Fsp3) is 0.375. The second kappa shape index (κ2) is 8.71. The molecule has 0 radical (unpaired) electrons. The molecule has 1 fully saturated rings. The van der Waals surface area contributed by atoms with Crippen LogP contribution in [0.25, 0.3) is 5.65 Å². The van der Waals surface area contributed by atoms with Gasteiger partial charge in [-0.3, -0.25) is 9.59 Å². The van der Waals surface area contributed by atoms with Gasteiger partial charge in [-0.25, -0.2) is 4.98 Å². The van der Waals surface area contributed by atoms with E-state index in [1.807, 2.05) is 60.7 Å². The summed E-state index contributed by atoms with van der Waals surface area (Å²) in [5, 5.41) is 0.664. The van der Waals surface area contributed by atoms with Gasteiger partial charge >= 0.3 is 5.97 Å². The highest BCUT2D eigenvalue weighted by molar-refractivity contribution is 6.30. The molecule has 0 atom stereocenters. The SMILES string of the molecule is CCOC(=O)C1(Cc2ccc(Cl)cc2)CCN(C(=O)c2cn3c(C)cccc3n2)CC1. The Bertz CT molecular complexity index is 1100. The average molecular weight is 440 g/mol. The van der Waals surface area contributed by atoms with Crippen molar-refractivity contribution in [3.05, 3.63) is 70.6 Å².